The Morgan fingerprint density at radius 3 is 2.54 bits per heavy atom. The van der Waals surface area contributed by atoms with Crippen LogP contribution in [0.3, 0.4) is 0 Å². The van der Waals surface area contributed by atoms with Crippen LogP contribution in [0.1, 0.15) is 43.2 Å². The van der Waals surface area contributed by atoms with Gasteiger partial charge in [-0.25, -0.2) is 4.98 Å². The Bertz CT molecular complexity index is 1510. The molecular weight excluding hydrogens is 554 g/mol. The number of aromatic nitrogens is 4. The smallest absolute Gasteiger partial charge is 0.237 e. The Hall–Kier alpha value is -3.27. The van der Waals surface area contributed by atoms with E-state index in [1.54, 1.807) is 4.68 Å². The van der Waals surface area contributed by atoms with Gasteiger partial charge in [0.2, 0.25) is 11.8 Å². The molecule has 1 saturated heterocycles. The average Bonchev–Trinajstić information content (AvgIpc) is 3.38. The molecule has 1 saturated carbocycles. The summed E-state index contributed by atoms with van der Waals surface area (Å²) in [7, 11) is 4.05. The van der Waals surface area contributed by atoms with Crippen LogP contribution in [-0.2, 0) is 13.5 Å². The van der Waals surface area contributed by atoms with Crippen molar-refractivity contribution in [2.45, 2.75) is 43.4 Å². The molecule has 2 aromatic heterocycles. The highest BCUT2D eigenvalue weighted by Crippen LogP contribution is 2.44. The van der Waals surface area contributed by atoms with Gasteiger partial charge in [-0.05, 0) is 61.9 Å². The number of rotatable bonds is 9. The summed E-state index contributed by atoms with van der Waals surface area (Å²) >= 11 is 8.43. The SMILES string of the molecule is CCc1c(Oc2cccc(N3CCN(C)CC3)c2Cl)nc(NSc2cnn(C)c2)nc1-c1ccccc1C1CCC1. The van der Waals surface area contributed by atoms with Gasteiger partial charge in [-0.1, -0.05) is 55.3 Å². The Balaban J connectivity index is 1.39. The summed E-state index contributed by atoms with van der Waals surface area (Å²) in [5, 5.41) is 4.88. The molecule has 0 atom stereocenters. The molecule has 1 N–H and O–H groups in total. The van der Waals surface area contributed by atoms with Crippen molar-refractivity contribution < 1.29 is 4.74 Å². The van der Waals surface area contributed by atoms with Crippen molar-refractivity contribution in [2.24, 2.45) is 7.05 Å². The maximum Gasteiger partial charge on any atom is 0.237 e. The van der Waals surface area contributed by atoms with Crippen LogP contribution in [0, 0.1) is 0 Å². The number of hydrogen-bond acceptors (Lipinski definition) is 8. The van der Waals surface area contributed by atoms with Gasteiger partial charge in [-0.15, -0.1) is 0 Å². The summed E-state index contributed by atoms with van der Waals surface area (Å²) in [6.45, 7) is 5.98. The number of nitrogens with zero attached hydrogens (tertiary/aromatic N) is 6. The van der Waals surface area contributed by atoms with E-state index in [4.69, 9.17) is 26.3 Å². The van der Waals surface area contributed by atoms with E-state index in [1.165, 1.54) is 36.8 Å². The fourth-order valence-corrected chi connectivity index (χ4v) is 6.34. The van der Waals surface area contributed by atoms with Gasteiger partial charge < -0.3 is 14.5 Å². The molecule has 0 unspecified atom stereocenters. The van der Waals surface area contributed by atoms with E-state index in [1.807, 2.05) is 31.6 Å². The minimum Gasteiger partial charge on any atom is -0.437 e. The fraction of sp³-hybridized carbons (Fsp3) is 0.387. The number of likely N-dealkylation sites (N-methyl/N-ethyl adjacent to an activating group) is 1. The van der Waals surface area contributed by atoms with E-state index < -0.39 is 0 Å². The zero-order valence-electron chi connectivity index (χ0n) is 23.8. The number of aryl methyl sites for hydroxylation is 1. The molecule has 3 heterocycles. The number of piperazine rings is 1. The Kier molecular flexibility index (Phi) is 8.37. The molecule has 8 nitrogen and oxygen atoms in total. The van der Waals surface area contributed by atoms with Crippen molar-refractivity contribution in [1.29, 1.82) is 0 Å². The molecular formula is C31H36ClN7OS. The summed E-state index contributed by atoms with van der Waals surface area (Å²) in [6, 6.07) is 14.6. The number of hydrogen-bond donors (Lipinski definition) is 1. The molecule has 2 aromatic carbocycles. The maximum absolute atomic E-state index is 7.00. The van der Waals surface area contributed by atoms with Crippen LogP contribution < -0.4 is 14.4 Å². The molecule has 214 valence electrons. The van der Waals surface area contributed by atoms with Crippen molar-refractivity contribution in [3.05, 3.63) is 71.0 Å². The monoisotopic (exact) mass is 589 g/mol. The van der Waals surface area contributed by atoms with Crippen LogP contribution in [0.25, 0.3) is 11.3 Å². The zero-order chi connectivity index (χ0) is 28.3. The van der Waals surface area contributed by atoms with Crippen molar-refractivity contribution in [2.75, 3.05) is 42.8 Å². The second-order valence-corrected chi connectivity index (χ2v) is 12.0. The van der Waals surface area contributed by atoms with E-state index in [0.29, 0.717) is 28.5 Å². The number of nitrogens with one attached hydrogen (secondary N) is 1. The largest absolute Gasteiger partial charge is 0.437 e. The third kappa shape index (κ3) is 6.03. The predicted octanol–water partition coefficient (Wildman–Crippen LogP) is 7.02. The van der Waals surface area contributed by atoms with Crippen molar-refractivity contribution >= 4 is 35.2 Å². The Morgan fingerprint density at radius 1 is 1.02 bits per heavy atom. The molecule has 1 aliphatic carbocycles. The summed E-state index contributed by atoms with van der Waals surface area (Å²) in [5.41, 5.74) is 5.35. The number of halogens is 1. The molecule has 10 heteroatoms. The van der Waals surface area contributed by atoms with Crippen LogP contribution in [0.4, 0.5) is 11.6 Å². The molecule has 0 bridgehead atoms. The van der Waals surface area contributed by atoms with Crippen LogP contribution in [-0.4, -0.2) is 57.9 Å². The predicted molar refractivity (Wildman–Crippen MR) is 167 cm³/mol. The number of benzene rings is 2. The normalized spacial score (nSPS) is 16.0. The highest BCUT2D eigenvalue weighted by Gasteiger charge is 2.26. The first-order valence-corrected chi connectivity index (χ1v) is 15.5. The van der Waals surface area contributed by atoms with Crippen molar-refractivity contribution in [3.8, 4) is 22.9 Å². The van der Waals surface area contributed by atoms with Crippen LogP contribution >= 0.6 is 23.5 Å². The third-order valence-corrected chi connectivity index (χ3v) is 9.13. The standard InChI is InChI=1S/C31H36ClN7OS/c1-4-23-29(25-12-6-5-11-24(25)21-9-7-10-21)34-31(36-41-22-19-33-38(3)20-22)35-30(23)40-27-14-8-13-26(28(27)32)39-17-15-37(2)16-18-39/h5-6,8,11-14,19-21H,4,7,9-10,15-18H2,1-3H3,(H,34,35,36). The van der Waals surface area contributed by atoms with Crippen LogP contribution in [0.2, 0.25) is 5.02 Å². The molecule has 41 heavy (non-hydrogen) atoms. The van der Waals surface area contributed by atoms with E-state index in [2.05, 4.69) is 63.9 Å². The van der Waals surface area contributed by atoms with Gasteiger partial charge in [0.25, 0.3) is 0 Å². The van der Waals surface area contributed by atoms with Gasteiger partial charge >= 0.3 is 0 Å². The lowest BCUT2D eigenvalue weighted by molar-refractivity contribution is 0.313. The van der Waals surface area contributed by atoms with Gasteiger partial charge in [0, 0.05) is 50.6 Å². The molecule has 0 spiro atoms. The van der Waals surface area contributed by atoms with E-state index >= 15 is 0 Å². The van der Waals surface area contributed by atoms with Crippen molar-refractivity contribution in [1.82, 2.24) is 24.6 Å². The average molecular weight is 590 g/mol. The highest BCUT2D eigenvalue weighted by atomic mass is 35.5. The molecule has 4 aromatic rings. The lowest BCUT2D eigenvalue weighted by atomic mass is 9.77. The second kappa shape index (κ2) is 12.3. The first kappa shape index (κ1) is 27.9. The quantitative estimate of drug-likeness (QED) is 0.209. The first-order chi connectivity index (χ1) is 20.0. The number of ether oxygens (including phenoxy) is 1. The van der Waals surface area contributed by atoms with Crippen molar-refractivity contribution in [3.63, 3.8) is 0 Å². The summed E-state index contributed by atoms with van der Waals surface area (Å²) < 4.78 is 11.7. The topological polar surface area (TPSA) is 71.3 Å². The molecule has 2 fully saturated rings. The van der Waals surface area contributed by atoms with Gasteiger partial charge in [-0.2, -0.15) is 10.1 Å². The first-order valence-electron chi connectivity index (χ1n) is 14.3. The maximum atomic E-state index is 7.00. The summed E-state index contributed by atoms with van der Waals surface area (Å²) in [6.07, 6.45) is 8.18. The molecule has 2 aliphatic rings. The van der Waals surface area contributed by atoms with Gasteiger partial charge in [0.1, 0.15) is 10.8 Å². The minimum atomic E-state index is 0.482. The lowest BCUT2D eigenvalue weighted by Crippen LogP contribution is -2.44. The summed E-state index contributed by atoms with van der Waals surface area (Å²) in [5.74, 6) is 2.16. The molecule has 0 radical (unpaired) electrons. The third-order valence-electron chi connectivity index (χ3n) is 8.02. The molecule has 6 rings (SSSR count). The molecule has 0 amide bonds. The zero-order valence-corrected chi connectivity index (χ0v) is 25.4. The Labute approximate surface area is 251 Å². The van der Waals surface area contributed by atoms with E-state index in [-0.39, 0.29) is 0 Å². The Morgan fingerprint density at radius 2 is 1.83 bits per heavy atom. The fourth-order valence-electron chi connectivity index (χ4n) is 5.45. The lowest BCUT2D eigenvalue weighted by Gasteiger charge is -2.34. The molecule has 1 aliphatic heterocycles. The van der Waals surface area contributed by atoms with Gasteiger partial charge in [-0.3, -0.25) is 9.40 Å². The second-order valence-electron chi connectivity index (χ2n) is 10.8. The summed E-state index contributed by atoms with van der Waals surface area (Å²) in [4.78, 5) is 15.6. The van der Waals surface area contributed by atoms with Crippen LogP contribution in [0.15, 0.2) is 59.8 Å². The minimum absolute atomic E-state index is 0.482. The van der Waals surface area contributed by atoms with Crippen LogP contribution in [0.5, 0.6) is 11.6 Å². The van der Waals surface area contributed by atoms with Gasteiger partial charge in [0.15, 0.2) is 0 Å². The van der Waals surface area contributed by atoms with E-state index in [0.717, 1.165) is 60.0 Å². The van der Waals surface area contributed by atoms with E-state index in [9.17, 15) is 0 Å². The highest BCUT2D eigenvalue weighted by molar-refractivity contribution is 8.00. The van der Waals surface area contributed by atoms with Gasteiger partial charge in [0.05, 0.1) is 22.5 Å². The number of anilines is 2.